The summed E-state index contributed by atoms with van der Waals surface area (Å²) >= 11 is 0. The van der Waals surface area contributed by atoms with E-state index < -0.39 is 5.60 Å². The van der Waals surface area contributed by atoms with Crippen LogP contribution in [0.2, 0.25) is 0 Å². The molecule has 0 unspecified atom stereocenters. The summed E-state index contributed by atoms with van der Waals surface area (Å²) in [7, 11) is 0. The van der Waals surface area contributed by atoms with Crippen LogP contribution in [-0.4, -0.2) is 34.6 Å². The average Bonchev–Trinajstić information content (AvgIpc) is 2.87. The number of hydrogen-bond donors (Lipinski definition) is 1. The van der Waals surface area contributed by atoms with Gasteiger partial charge in [0.1, 0.15) is 0 Å². The van der Waals surface area contributed by atoms with Crippen LogP contribution in [0.5, 0.6) is 0 Å². The lowest BCUT2D eigenvalue weighted by Gasteiger charge is -2.25. The van der Waals surface area contributed by atoms with Crippen molar-refractivity contribution in [3.8, 4) is 6.07 Å². The first kappa shape index (κ1) is 13.6. The lowest BCUT2D eigenvalue weighted by Crippen LogP contribution is -2.35. The van der Waals surface area contributed by atoms with Crippen molar-refractivity contribution >= 4 is 5.91 Å². The van der Waals surface area contributed by atoms with Crippen molar-refractivity contribution in [2.45, 2.75) is 25.9 Å². The molecule has 1 saturated heterocycles. The van der Waals surface area contributed by atoms with Gasteiger partial charge in [-0.2, -0.15) is 5.26 Å². The number of nitrogens with zero attached hydrogens (tertiary/aromatic N) is 2. The highest BCUT2D eigenvalue weighted by molar-refractivity contribution is 5.96. The van der Waals surface area contributed by atoms with Gasteiger partial charge in [-0.1, -0.05) is 12.1 Å². The van der Waals surface area contributed by atoms with Gasteiger partial charge in [0.15, 0.2) is 0 Å². The molecular formula is C15H18N2O2. The number of amides is 1. The second-order valence-corrected chi connectivity index (χ2v) is 5.55. The minimum absolute atomic E-state index is 0.0886. The highest BCUT2D eigenvalue weighted by Gasteiger charge is 2.35. The first-order chi connectivity index (χ1) is 8.93. The normalized spacial score (nSPS) is 19.3. The van der Waals surface area contributed by atoms with Crippen molar-refractivity contribution < 1.29 is 9.90 Å². The largest absolute Gasteiger partial charge is 0.390 e. The van der Waals surface area contributed by atoms with Crippen LogP contribution in [0.3, 0.4) is 0 Å². The van der Waals surface area contributed by atoms with Crippen LogP contribution in [0, 0.1) is 17.2 Å². The van der Waals surface area contributed by atoms with Crippen LogP contribution >= 0.6 is 0 Å². The van der Waals surface area contributed by atoms with Gasteiger partial charge in [0, 0.05) is 19.0 Å². The maximum absolute atomic E-state index is 12.4. The molecule has 0 bridgehead atoms. The van der Waals surface area contributed by atoms with Gasteiger partial charge < -0.3 is 10.0 Å². The molecule has 0 spiro atoms. The summed E-state index contributed by atoms with van der Waals surface area (Å²) in [5.74, 6) is -0.0328. The summed E-state index contributed by atoms with van der Waals surface area (Å²) < 4.78 is 0. The Morgan fingerprint density at radius 3 is 2.74 bits per heavy atom. The molecule has 1 N–H and O–H groups in total. The van der Waals surface area contributed by atoms with Gasteiger partial charge in [-0.15, -0.1) is 0 Å². The number of rotatable bonds is 2. The molecule has 0 aliphatic carbocycles. The van der Waals surface area contributed by atoms with E-state index >= 15 is 0 Å². The number of nitriles is 1. The molecule has 1 aliphatic rings. The highest BCUT2D eigenvalue weighted by atomic mass is 16.3. The minimum Gasteiger partial charge on any atom is -0.390 e. The van der Waals surface area contributed by atoms with E-state index in [1.807, 2.05) is 6.07 Å². The third-order valence-electron chi connectivity index (χ3n) is 3.75. The molecule has 1 amide bonds. The second kappa shape index (κ2) is 5.02. The number of hydrogen-bond acceptors (Lipinski definition) is 3. The number of benzene rings is 1. The Balaban J connectivity index is 2.17. The Bertz CT molecular complexity index is 526. The third kappa shape index (κ3) is 2.77. The standard InChI is InChI=1S/C15H18N2O2/c1-15(2,19)12-7-8-17(10-12)14(18)13-6-4-3-5-11(13)9-16/h3-6,12,19H,7-8,10H2,1-2H3/t12-/m1/s1. The fourth-order valence-corrected chi connectivity index (χ4v) is 2.46. The van der Waals surface area contributed by atoms with Crippen LogP contribution in [0.15, 0.2) is 24.3 Å². The summed E-state index contributed by atoms with van der Waals surface area (Å²) in [5, 5.41) is 19.0. The number of carbonyl (C=O) groups excluding carboxylic acids is 1. The van der Waals surface area contributed by atoms with E-state index in [0.717, 1.165) is 6.42 Å². The molecule has 1 atom stereocenters. The second-order valence-electron chi connectivity index (χ2n) is 5.55. The molecule has 1 fully saturated rings. The molecule has 4 nitrogen and oxygen atoms in total. The number of likely N-dealkylation sites (tertiary alicyclic amines) is 1. The smallest absolute Gasteiger partial charge is 0.255 e. The van der Waals surface area contributed by atoms with Crippen LogP contribution in [0.1, 0.15) is 36.2 Å². The molecule has 1 aromatic rings. The van der Waals surface area contributed by atoms with Gasteiger partial charge in [-0.05, 0) is 32.4 Å². The number of carbonyl (C=O) groups is 1. The van der Waals surface area contributed by atoms with E-state index in [0.29, 0.717) is 24.2 Å². The van der Waals surface area contributed by atoms with E-state index in [1.54, 1.807) is 43.0 Å². The third-order valence-corrected chi connectivity index (χ3v) is 3.75. The summed E-state index contributed by atoms with van der Waals surface area (Å²) in [6.45, 7) is 4.72. The zero-order chi connectivity index (χ0) is 14.0. The van der Waals surface area contributed by atoms with Crippen molar-refractivity contribution in [2.75, 3.05) is 13.1 Å². The molecule has 0 saturated carbocycles. The topological polar surface area (TPSA) is 64.3 Å². The summed E-state index contributed by atoms with van der Waals surface area (Å²) in [4.78, 5) is 14.1. The van der Waals surface area contributed by atoms with Crippen LogP contribution in [0.25, 0.3) is 0 Å². The van der Waals surface area contributed by atoms with Crippen molar-refractivity contribution in [3.05, 3.63) is 35.4 Å². The molecule has 0 radical (unpaired) electrons. The van der Waals surface area contributed by atoms with Gasteiger partial charge >= 0.3 is 0 Å². The van der Waals surface area contributed by atoms with Crippen LogP contribution in [-0.2, 0) is 0 Å². The van der Waals surface area contributed by atoms with Crippen molar-refractivity contribution in [1.29, 1.82) is 5.26 Å². The summed E-state index contributed by atoms with van der Waals surface area (Å²) in [6.07, 6.45) is 0.796. The Kier molecular flexibility index (Phi) is 3.59. The van der Waals surface area contributed by atoms with Crippen LogP contribution < -0.4 is 0 Å². The average molecular weight is 258 g/mol. The minimum atomic E-state index is -0.774. The van der Waals surface area contributed by atoms with Crippen molar-refractivity contribution in [1.82, 2.24) is 4.90 Å². The monoisotopic (exact) mass is 258 g/mol. The predicted molar refractivity (Wildman–Crippen MR) is 71.5 cm³/mol. The first-order valence-corrected chi connectivity index (χ1v) is 6.44. The lowest BCUT2D eigenvalue weighted by molar-refractivity contribution is 0.0211. The maximum Gasteiger partial charge on any atom is 0.255 e. The van der Waals surface area contributed by atoms with E-state index in [-0.39, 0.29) is 11.8 Å². The maximum atomic E-state index is 12.4. The molecule has 1 heterocycles. The zero-order valence-corrected chi connectivity index (χ0v) is 11.3. The van der Waals surface area contributed by atoms with Crippen molar-refractivity contribution in [2.24, 2.45) is 5.92 Å². The molecule has 2 rings (SSSR count). The summed E-state index contributed by atoms with van der Waals surface area (Å²) in [6, 6.07) is 8.88. The SMILES string of the molecule is CC(C)(O)[C@@H]1CCN(C(=O)c2ccccc2C#N)C1. The zero-order valence-electron chi connectivity index (χ0n) is 11.3. The predicted octanol–water partition coefficient (Wildman–Crippen LogP) is 1.79. The number of aliphatic hydroxyl groups is 1. The molecule has 1 aromatic carbocycles. The Morgan fingerprint density at radius 1 is 1.47 bits per heavy atom. The Hall–Kier alpha value is -1.86. The molecule has 4 heteroatoms. The van der Waals surface area contributed by atoms with E-state index in [2.05, 4.69) is 0 Å². The van der Waals surface area contributed by atoms with E-state index in [9.17, 15) is 9.90 Å². The van der Waals surface area contributed by atoms with Gasteiger partial charge in [-0.3, -0.25) is 4.79 Å². The molecule has 1 aliphatic heterocycles. The molecular weight excluding hydrogens is 240 g/mol. The fraction of sp³-hybridized carbons (Fsp3) is 0.467. The molecule has 19 heavy (non-hydrogen) atoms. The Labute approximate surface area is 113 Å². The van der Waals surface area contributed by atoms with Crippen LogP contribution in [0.4, 0.5) is 0 Å². The Morgan fingerprint density at radius 2 is 2.16 bits per heavy atom. The van der Waals surface area contributed by atoms with Gasteiger partial charge in [0.2, 0.25) is 0 Å². The first-order valence-electron chi connectivity index (χ1n) is 6.44. The van der Waals surface area contributed by atoms with Gasteiger partial charge in [0.05, 0.1) is 22.8 Å². The van der Waals surface area contributed by atoms with Crippen molar-refractivity contribution in [3.63, 3.8) is 0 Å². The van der Waals surface area contributed by atoms with E-state index in [1.165, 1.54) is 0 Å². The fourth-order valence-electron chi connectivity index (χ4n) is 2.46. The van der Waals surface area contributed by atoms with E-state index in [4.69, 9.17) is 5.26 Å². The highest BCUT2D eigenvalue weighted by Crippen LogP contribution is 2.28. The lowest BCUT2D eigenvalue weighted by atomic mass is 9.90. The quantitative estimate of drug-likeness (QED) is 0.879. The molecule has 100 valence electrons. The molecule has 0 aromatic heterocycles. The summed E-state index contributed by atoms with van der Waals surface area (Å²) in [5.41, 5.74) is 0.0738. The van der Waals surface area contributed by atoms with Gasteiger partial charge in [0.25, 0.3) is 5.91 Å². The van der Waals surface area contributed by atoms with Gasteiger partial charge in [-0.25, -0.2) is 0 Å².